The van der Waals surface area contributed by atoms with Crippen molar-refractivity contribution in [3.05, 3.63) is 0 Å². The molecule has 55 heavy (non-hydrogen) atoms. The van der Waals surface area contributed by atoms with Crippen LogP contribution in [0, 0.1) is 0 Å². The number of amides is 2. The van der Waals surface area contributed by atoms with Crippen molar-refractivity contribution < 1.29 is 116 Å². The molecule has 0 aliphatic carbocycles. The first-order valence-corrected chi connectivity index (χ1v) is 18.1. The van der Waals surface area contributed by atoms with E-state index in [1.807, 2.05) is 0 Å². The quantitative estimate of drug-likeness (QED) is 0.0723. The molecule has 20 atom stereocenters. The molecule has 4 aliphatic rings. The van der Waals surface area contributed by atoms with E-state index in [2.05, 4.69) is 14.8 Å². The molecule has 14 N–H and O–H groups in total. The van der Waals surface area contributed by atoms with Gasteiger partial charge < -0.3 is 100.0 Å². The van der Waals surface area contributed by atoms with Gasteiger partial charge in [-0.05, 0) is 0 Å². The third-order valence-electron chi connectivity index (χ3n) is 9.21. The summed E-state index contributed by atoms with van der Waals surface area (Å²) in [6.45, 7) is -1.80. The largest absolute Gasteiger partial charge is 0.397 e. The van der Waals surface area contributed by atoms with Crippen molar-refractivity contribution in [2.45, 2.75) is 137 Å². The van der Waals surface area contributed by atoms with Crippen LogP contribution in [-0.4, -0.2) is 230 Å². The Morgan fingerprint density at radius 3 is 1.58 bits per heavy atom. The zero-order valence-electron chi connectivity index (χ0n) is 29.0. The summed E-state index contributed by atoms with van der Waals surface area (Å²) in [5.74, 6) is -1.54. The molecule has 4 fully saturated rings. The monoisotopic (exact) mass is 828 g/mol. The van der Waals surface area contributed by atoms with Gasteiger partial charge in [0.15, 0.2) is 25.2 Å². The first-order valence-electron chi connectivity index (χ1n) is 16.7. The molecule has 0 bridgehead atoms. The van der Waals surface area contributed by atoms with Gasteiger partial charge in [-0.1, -0.05) is 0 Å². The Hall–Kier alpha value is -1.91. The minimum atomic E-state index is -5.06. The fraction of sp³-hybridized carbons (Fsp3) is 0.929. The third kappa shape index (κ3) is 10.8. The molecule has 320 valence electrons. The van der Waals surface area contributed by atoms with Gasteiger partial charge >= 0.3 is 10.4 Å². The standard InChI is InChI=1S/C28H48N2O24S/c1-7(34)29-13-18(39)22(52-27-20(41)19(40)15(36)12(51-27)6-47-55(44,45)46)11(5-33)50-26(13)54-24-17(38)10(4-32)49-28(21(24)42)53-23-14(30-8(2)35)25(43)48-9(3-31)16(23)37/h9-28,31-33,36-43H,3-6H2,1-2H3,(H,29,34)(H,30,35)(H,44,45,46)/t9-,10-,11-,12-,13-,14-,15+,16+,17+,18-,19+,20-,21-,22-,23-,24+,25-,26+,27+,28+/m1/s1. The van der Waals surface area contributed by atoms with Crippen LogP contribution < -0.4 is 10.6 Å². The maximum absolute atomic E-state index is 12.3. The molecule has 26 nitrogen and oxygen atoms in total. The highest BCUT2D eigenvalue weighted by Gasteiger charge is 2.56. The van der Waals surface area contributed by atoms with Gasteiger partial charge in [0.25, 0.3) is 0 Å². The van der Waals surface area contributed by atoms with Crippen molar-refractivity contribution in [3.63, 3.8) is 0 Å². The molecule has 0 saturated carbocycles. The molecule has 4 heterocycles. The van der Waals surface area contributed by atoms with Gasteiger partial charge in [-0.2, -0.15) is 8.42 Å². The van der Waals surface area contributed by atoms with E-state index < -0.39 is 171 Å². The van der Waals surface area contributed by atoms with Gasteiger partial charge in [0, 0.05) is 13.8 Å². The minimum absolute atomic E-state index is 0.715. The maximum Gasteiger partial charge on any atom is 0.397 e. The highest BCUT2D eigenvalue weighted by molar-refractivity contribution is 7.80. The number of carbonyl (C=O) groups is 2. The van der Waals surface area contributed by atoms with Gasteiger partial charge in [0.2, 0.25) is 11.8 Å². The number of aliphatic hydroxyl groups excluding tert-OH is 11. The maximum atomic E-state index is 12.3. The molecule has 0 aromatic heterocycles. The first-order chi connectivity index (χ1) is 25.7. The lowest BCUT2D eigenvalue weighted by Crippen LogP contribution is -2.70. The first kappa shape index (κ1) is 45.8. The molecule has 0 unspecified atom stereocenters. The Morgan fingerprint density at radius 2 is 1.02 bits per heavy atom. The van der Waals surface area contributed by atoms with Crippen molar-refractivity contribution in [1.29, 1.82) is 0 Å². The summed E-state index contributed by atoms with van der Waals surface area (Å²) in [6, 6.07) is -3.24. The van der Waals surface area contributed by atoms with Gasteiger partial charge in [0.1, 0.15) is 97.5 Å². The van der Waals surface area contributed by atoms with Crippen LogP contribution in [0.4, 0.5) is 0 Å². The second-order valence-electron chi connectivity index (χ2n) is 13.1. The Labute approximate surface area is 311 Å². The Morgan fingerprint density at radius 1 is 0.545 bits per heavy atom. The van der Waals surface area contributed by atoms with Crippen LogP contribution in [0.1, 0.15) is 13.8 Å². The number of carbonyl (C=O) groups excluding carboxylic acids is 2. The van der Waals surface area contributed by atoms with Crippen LogP contribution >= 0.6 is 0 Å². The molecule has 4 aliphatic heterocycles. The molecule has 0 aromatic rings. The zero-order valence-corrected chi connectivity index (χ0v) is 29.9. The van der Waals surface area contributed by atoms with E-state index >= 15 is 0 Å². The molecule has 0 radical (unpaired) electrons. The van der Waals surface area contributed by atoms with Crippen molar-refractivity contribution in [2.75, 3.05) is 26.4 Å². The van der Waals surface area contributed by atoms with Crippen LogP contribution in [0.25, 0.3) is 0 Å². The molecule has 4 rings (SSSR count). The second-order valence-corrected chi connectivity index (χ2v) is 14.2. The van der Waals surface area contributed by atoms with E-state index in [1.165, 1.54) is 0 Å². The number of rotatable bonds is 14. The van der Waals surface area contributed by atoms with Gasteiger partial charge in [-0.3, -0.25) is 14.1 Å². The lowest BCUT2D eigenvalue weighted by atomic mass is 9.94. The molecular formula is C28H48N2O24S. The van der Waals surface area contributed by atoms with Gasteiger partial charge in [-0.25, -0.2) is 4.18 Å². The molecule has 27 heteroatoms. The van der Waals surface area contributed by atoms with Crippen molar-refractivity contribution in [1.82, 2.24) is 10.6 Å². The van der Waals surface area contributed by atoms with Gasteiger partial charge in [-0.15, -0.1) is 0 Å². The molecule has 2 amide bonds. The van der Waals surface area contributed by atoms with Crippen molar-refractivity contribution in [3.8, 4) is 0 Å². The summed E-state index contributed by atoms with van der Waals surface area (Å²) >= 11 is 0. The average molecular weight is 829 g/mol. The normalized spacial score (nSPS) is 45.5. The van der Waals surface area contributed by atoms with E-state index in [4.69, 9.17) is 37.7 Å². The summed E-state index contributed by atoms with van der Waals surface area (Å²) < 4.78 is 74.1. The highest BCUT2D eigenvalue weighted by Crippen LogP contribution is 2.34. The van der Waals surface area contributed by atoms with Crippen molar-refractivity contribution in [2.24, 2.45) is 0 Å². The van der Waals surface area contributed by atoms with E-state index in [0.29, 0.717) is 0 Å². The fourth-order valence-electron chi connectivity index (χ4n) is 6.48. The van der Waals surface area contributed by atoms with E-state index in [-0.39, 0.29) is 0 Å². The Balaban J connectivity index is 1.58. The molecule has 4 saturated heterocycles. The summed E-state index contributed by atoms with van der Waals surface area (Å²) in [6.07, 6.45) is -33.6. The van der Waals surface area contributed by atoms with E-state index in [1.54, 1.807) is 0 Å². The number of nitrogens with one attached hydrogen (secondary N) is 2. The minimum Gasteiger partial charge on any atom is -0.394 e. The van der Waals surface area contributed by atoms with Crippen LogP contribution in [0.15, 0.2) is 0 Å². The lowest BCUT2D eigenvalue weighted by Gasteiger charge is -2.50. The number of hydrogen-bond donors (Lipinski definition) is 14. The van der Waals surface area contributed by atoms with E-state index in [9.17, 15) is 74.2 Å². The van der Waals surface area contributed by atoms with Crippen molar-refractivity contribution >= 4 is 22.2 Å². The Bertz CT molecular complexity index is 1380. The van der Waals surface area contributed by atoms with Crippen LogP contribution in [-0.2, 0) is 57.3 Å². The number of aliphatic hydroxyl groups is 11. The molecular weight excluding hydrogens is 780 g/mol. The summed E-state index contributed by atoms with van der Waals surface area (Å²) in [5, 5.41) is 121. The summed E-state index contributed by atoms with van der Waals surface area (Å²) in [5.41, 5.74) is 0. The Kier molecular flexibility index (Phi) is 16.0. The number of hydrogen-bond acceptors (Lipinski definition) is 23. The second kappa shape index (κ2) is 19.2. The lowest BCUT2D eigenvalue weighted by molar-refractivity contribution is -0.375. The van der Waals surface area contributed by atoms with Gasteiger partial charge in [0.05, 0.1) is 26.4 Å². The predicted molar refractivity (Wildman–Crippen MR) is 167 cm³/mol. The highest BCUT2D eigenvalue weighted by atomic mass is 32.3. The van der Waals surface area contributed by atoms with Crippen LogP contribution in [0.2, 0.25) is 0 Å². The molecule has 0 spiro atoms. The summed E-state index contributed by atoms with van der Waals surface area (Å²) in [7, 11) is -5.06. The van der Waals surface area contributed by atoms with Crippen LogP contribution in [0.3, 0.4) is 0 Å². The smallest absolute Gasteiger partial charge is 0.394 e. The fourth-order valence-corrected chi connectivity index (χ4v) is 6.79. The molecule has 0 aromatic carbocycles. The zero-order chi connectivity index (χ0) is 41.1. The predicted octanol–water partition coefficient (Wildman–Crippen LogP) is -9.63. The summed E-state index contributed by atoms with van der Waals surface area (Å²) in [4.78, 5) is 24.2. The SMILES string of the molecule is CC(=O)N[C@@H]1[C@@H](O[C@@H]2O[C@H](CO)[C@H](O)[C@H](O[C@@H]3O[C@H](CO)[C@@H](O[C@@H]4O[C@H](COS(=O)(=O)O)[C@H](O)[C@H](O)[C@H]4O)[C@H](O)[C@H]3NC(C)=O)[C@H]2O)[C@@H](O)[C@@H](CO)O[C@H]1O. The third-order valence-corrected chi connectivity index (χ3v) is 9.65. The number of ether oxygens (including phenoxy) is 7. The topological polar surface area (TPSA) is 409 Å². The average Bonchev–Trinajstić information content (AvgIpc) is 3.11. The van der Waals surface area contributed by atoms with E-state index in [0.717, 1.165) is 13.8 Å². The van der Waals surface area contributed by atoms with Crippen LogP contribution in [0.5, 0.6) is 0 Å².